The first kappa shape index (κ1) is 31.1. The summed E-state index contributed by atoms with van der Waals surface area (Å²) in [4.78, 5) is 47.1. The van der Waals surface area contributed by atoms with Gasteiger partial charge in [0.25, 0.3) is 0 Å². The predicted octanol–water partition coefficient (Wildman–Crippen LogP) is 7.01. The smallest absolute Gasteiger partial charge is 0.330 e. The summed E-state index contributed by atoms with van der Waals surface area (Å²) in [6, 6.07) is 37.2. The van der Waals surface area contributed by atoms with Crippen LogP contribution in [0.5, 0.6) is 11.5 Å². The minimum Gasteiger partial charge on any atom is -0.493 e. The Morgan fingerprint density at radius 2 is 1.40 bits per heavy atom. The Kier molecular flexibility index (Phi) is 7.71. The quantitative estimate of drug-likeness (QED) is 0.141. The summed E-state index contributed by atoms with van der Waals surface area (Å²) < 4.78 is 17.6. The lowest BCUT2D eigenvalue weighted by Crippen LogP contribution is -2.51. The first-order valence-electron chi connectivity index (χ1n) is 16.5. The van der Waals surface area contributed by atoms with Gasteiger partial charge in [-0.1, -0.05) is 109 Å². The van der Waals surface area contributed by atoms with Crippen LogP contribution in [0.2, 0.25) is 0 Å². The van der Waals surface area contributed by atoms with E-state index >= 15 is 9.59 Å². The third kappa shape index (κ3) is 4.70. The van der Waals surface area contributed by atoms with Crippen molar-refractivity contribution in [3.8, 4) is 11.5 Å². The van der Waals surface area contributed by atoms with E-state index in [4.69, 9.17) is 14.2 Å². The number of nitrogens with zero attached hydrogens (tertiary/aromatic N) is 1. The average molecular weight is 663 g/mol. The molecule has 0 aromatic heterocycles. The van der Waals surface area contributed by atoms with Crippen LogP contribution in [-0.2, 0) is 19.7 Å². The summed E-state index contributed by atoms with van der Waals surface area (Å²) in [5.41, 5.74) is 3.22. The molecule has 50 heavy (non-hydrogen) atoms. The number of benzene rings is 5. The van der Waals surface area contributed by atoms with Crippen LogP contribution >= 0.6 is 0 Å². The maximum absolute atomic E-state index is 15.3. The second-order valence-electron chi connectivity index (χ2n) is 12.6. The molecule has 8 nitrogen and oxygen atoms in total. The van der Waals surface area contributed by atoms with Crippen molar-refractivity contribution in [2.24, 2.45) is 5.92 Å². The third-order valence-corrected chi connectivity index (χ3v) is 10.2. The largest absolute Gasteiger partial charge is 0.493 e. The van der Waals surface area contributed by atoms with Crippen LogP contribution in [0.4, 0.5) is 11.4 Å². The van der Waals surface area contributed by atoms with Gasteiger partial charge >= 0.3 is 5.97 Å². The van der Waals surface area contributed by atoms with Crippen molar-refractivity contribution in [1.82, 2.24) is 0 Å². The van der Waals surface area contributed by atoms with Crippen LogP contribution < -0.4 is 19.7 Å². The third-order valence-electron chi connectivity index (χ3n) is 10.2. The minimum absolute atomic E-state index is 0.279. The Morgan fingerprint density at radius 3 is 2.10 bits per heavy atom. The number of hydrogen-bond donors (Lipinski definition) is 1. The molecule has 3 aliphatic rings. The topological polar surface area (TPSA) is 94.2 Å². The van der Waals surface area contributed by atoms with Gasteiger partial charge in [0.1, 0.15) is 11.5 Å². The number of hydrogen-bond acceptors (Lipinski definition) is 7. The molecule has 0 unspecified atom stereocenters. The Bertz CT molecular complexity index is 2110. The van der Waals surface area contributed by atoms with Gasteiger partial charge < -0.3 is 24.4 Å². The molecule has 1 spiro atoms. The van der Waals surface area contributed by atoms with Crippen LogP contribution in [0.3, 0.4) is 0 Å². The van der Waals surface area contributed by atoms with E-state index < -0.39 is 41.3 Å². The number of nitrogens with one attached hydrogen (secondary N) is 1. The molecule has 248 valence electrons. The van der Waals surface area contributed by atoms with Gasteiger partial charge in [-0.25, -0.2) is 4.79 Å². The fourth-order valence-corrected chi connectivity index (χ4v) is 8.03. The lowest BCUT2D eigenvalue weighted by Gasteiger charge is -2.37. The van der Waals surface area contributed by atoms with Gasteiger partial charge in [0.2, 0.25) is 5.91 Å². The van der Waals surface area contributed by atoms with Crippen LogP contribution in [-0.4, -0.2) is 44.0 Å². The fourth-order valence-electron chi connectivity index (χ4n) is 8.03. The molecule has 4 atom stereocenters. The number of methoxy groups -OCH3 is 2. The summed E-state index contributed by atoms with van der Waals surface area (Å²) in [7, 11) is 3.02. The van der Waals surface area contributed by atoms with Gasteiger partial charge in [-0.3, -0.25) is 9.59 Å². The fraction of sp³-hybridized carbons (Fsp3) is 0.167. The molecule has 3 aliphatic heterocycles. The number of Topliss-reactive ketones (excluding diaryl/α,β-unsaturated/α-hetero) is 1. The van der Waals surface area contributed by atoms with Gasteiger partial charge in [0.15, 0.2) is 23.4 Å². The molecule has 8 rings (SSSR count). The summed E-state index contributed by atoms with van der Waals surface area (Å²) in [6.45, 7) is 0. The highest BCUT2D eigenvalue weighted by Crippen LogP contribution is 2.58. The first-order chi connectivity index (χ1) is 24.5. The zero-order valence-corrected chi connectivity index (χ0v) is 27.5. The Labute approximate surface area is 289 Å². The molecule has 0 aliphatic carbocycles. The molecular formula is C42H34N2O6. The maximum atomic E-state index is 15.3. The molecule has 8 heteroatoms. The maximum Gasteiger partial charge on any atom is 0.330 e. The second-order valence-corrected chi connectivity index (χ2v) is 12.6. The first-order valence-corrected chi connectivity index (χ1v) is 16.5. The van der Waals surface area contributed by atoms with E-state index in [0.29, 0.717) is 22.7 Å². The number of anilines is 2. The molecule has 1 N–H and O–H groups in total. The van der Waals surface area contributed by atoms with Gasteiger partial charge in [-0.2, -0.15) is 0 Å². The summed E-state index contributed by atoms with van der Waals surface area (Å²) >= 11 is 0. The Balaban J connectivity index is 1.36. The molecule has 3 heterocycles. The van der Waals surface area contributed by atoms with Crippen molar-refractivity contribution >= 4 is 35.1 Å². The lowest BCUT2D eigenvalue weighted by atomic mass is 9.64. The molecule has 0 radical (unpaired) electrons. The number of carbonyl (C=O) groups excluding carboxylic acids is 3. The SMILES string of the molecule is COc1ccc(C(=O)[C@@H]2[C@H](C(=O)OC(c3ccccc3)c3ccccc3)N3c4ccccc4C=C[C@H]3[C@@]23C(=O)Nc2ccccc23)cc1OC. The number of rotatable bonds is 8. The molecular weight excluding hydrogens is 628 g/mol. The van der Waals surface area contributed by atoms with Crippen LogP contribution in [0, 0.1) is 5.92 Å². The van der Waals surface area contributed by atoms with E-state index in [0.717, 1.165) is 22.4 Å². The normalized spacial score (nSPS) is 21.3. The van der Waals surface area contributed by atoms with Crippen LogP contribution in [0.25, 0.3) is 6.08 Å². The summed E-state index contributed by atoms with van der Waals surface area (Å²) in [5, 5.41) is 3.07. The number of fused-ring (bicyclic) bond motifs is 6. The van der Waals surface area contributed by atoms with Crippen molar-refractivity contribution in [1.29, 1.82) is 0 Å². The molecule has 1 fully saturated rings. The molecule has 0 bridgehead atoms. The molecule has 5 aromatic rings. The summed E-state index contributed by atoms with van der Waals surface area (Å²) in [6.07, 6.45) is 3.14. The Morgan fingerprint density at radius 1 is 0.760 bits per heavy atom. The number of amides is 1. The van der Waals surface area contributed by atoms with E-state index in [2.05, 4.69) is 5.32 Å². The molecule has 1 amide bonds. The van der Waals surface area contributed by atoms with E-state index in [1.54, 1.807) is 18.2 Å². The highest BCUT2D eigenvalue weighted by Gasteiger charge is 2.71. The minimum atomic E-state index is -1.48. The second kappa shape index (κ2) is 12.4. The van der Waals surface area contributed by atoms with Crippen molar-refractivity contribution in [3.63, 3.8) is 0 Å². The number of ether oxygens (including phenoxy) is 3. The van der Waals surface area contributed by atoms with Crippen molar-refractivity contribution < 1.29 is 28.6 Å². The highest BCUT2D eigenvalue weighted by molar-refractivity contribution is 6.16. The molecule has 0 saturated carbocycles. The highest BCUT2D eigenvalue weighted by atomic mass is 16.5. The number of ketones is 1. The number of para-hydroxylation sites is 2. The zero-order valence-electron chi connectivity index (χ0n) is 27.5. The predicted molar refractivity (Wildman–Crippen MR) is 190 cm³/mol. The van der Waals surface area contributed by atoms with Crippen molar-refractivity contribution in [2.75, 3.05) is 24.4 Å². The van der Waals surface area contributed by atoms with Crippen LogP contribution in [0.1, 0.15) is 38.7 Å². The monoisotopic (exact) mass is 662 g/mol. The van der Waals surface area contributed by atoms with Gasteiger partial charge in [0.05, 0.1) is 26.2 Å². The van der Waals surface area contributed by atoms with E-state index in [9.17, 15) is 4.79 Å². The number of carbonyl (C=O) groups is 3. The zero-order chi connectivity index (χ0) is 34.4. The molecule has 5 aromatic carbocycles. The van der Waals surface area contributed by atoms with Crippen LogP contribution in [0.15, 0.2) is 133 Å². The van der Waals surface area contributed by atoms with Gasteiger partial charge in [0, 0.05) is 16.9 Å². The molecule has 1 saturated heterocycles. The Hall–Kier alpha value is -6.15. The standard InChI is InChI=1S/C42H34N2O6/c1-48-33-23-21-29(25-34(33)49-2)38(45)36-37(40(46)50-39(27-14-5-3-6-15-27)28-16-7-4-8-17-28)44-32-20-12-9-13-26(32)22-24-35(44)42(36)30-18-10-11-19-31(30)43-41(42)47/h3-25,35-37,39H,1-2H3,(H,43,47)/t35-,36-,37+,42+/m0/s1. The lowest BCUT2D eigenvalue weighted by molar-refractivity contribution is -0.150. The van der Waals surface area contributed by atoms with Crippen molar-refractivity contribution in [3.05, 3.63) is 161 Å². The van der Waals surface area contributed by atoms with Crippen molar-refractivity contribution in [2.45, 2.75) is 23.6 Å². The number of esters is 1. The van der Waals surface area contributed by atoms with Gasteiger partial charge in [-0.15, -0.1) is 0 Å². The van der Waals surface area contributed by atoms with E-state index in [-0.39, 0.29) is 11.5 Å². The average Bonchev–Trinajstić information content (AvgIpc) is 3.65. The van der Waals surface area contributed by atoms with E-state index in [1.807, 2.05) is 126 Å². The summed E-state index contributed by atoms with van der Waals surface area (Å²) in [5.74, 6) is -1.76. The van der Waals surface area contributed by atoms with Gasteiger partial charge in [-0.05, 0) is 52.6 Å². The van der Waals surface area contributed by atoms with E-state index in [1.165, 1.54) is 14.2 Å².